The predicted octanol–water partition coefficient (Wildman–Crippen LogP) is 6.87. The van der Waals surface area contributed by atoms with Gasteiger partial charge in [-0.3, -0.25) is 4.98 Å². The molecule has 164 valence electrons. The van der Waals surface area contributed by atoms with Crippen molar-refractivity contribution in [3.05, 3.63) is 94.8 Å². The van der Waals surface area contributed by atoms with E-state index < -0.39 is 23.5 Å². The molecule has 0 unspecified atom stereocenters. The smallest absolute Gasteiger partial charge is 0.384 e. The number of hydrogen-bond donors (Lipinski definition) is 1. The van der Waals surface area contributed by atoms with Crippen LogP contribution in [-0.4, -0.2) is 11.5 Å². The molecule has 31 heavy (non-hydrogen) atoms. The Hall–Kier alpha value is -3.03. The summed E-state index contributed by atoms with van der Waals surface area (Å²) in [6.45, 7) is 2.05. The standard InChI is InChI=1S/C23H20F6N2/c1-15-6-2-3-8-21(15)16(10-19-7-4-5-9-30-19)14-31-20-12-17(22(24,25)26)11-18(13-20)23(27,28)29/h2-9,11-13,16,31H,10,14H2,1H3/t16-/m1/s1. The van der Waals surface area contributed by atoms with Crippen LogP contribution in [-0.2, 0) is 18.8 Å². The van der Waals surface area contributed by atoms with Crippen molar-refractivity contribution in [1.82, 2.24) is 4.98 Å². The molecule has 1 N–H and O–H groups in total. The van der Waals surface area contributed by atoms with Crippen LogP contribution < -0.4 is 5.32 Å². The molecule has 0 aliphatic carbocycles. The number of nitrogens with zero attached hydrogens (tertiary/aromatic N) is 1. The third-order valence-electron chi connectivity index (χ3n) is 4.95. The van der Waals surface area contributed by atoms with Gasteiger partial charge in [0.1, 0.15) is 0 Å². The Labute approximate surface area is 175 Å². The lowest BCUT2D eigenvalue weighted by atomic mass is 9.90. The first-order chi connectivity index (χ1) is 14.5. The van der Waals surface area contributed by atoms with E-state index in [9.17, 15) is 26.3 Å². The number of rotatable bonds is 6. The molecule has 2 nitrogen and oxygen atoms in total. The summed E-state index contributed by atoms with van der Waals surface area (Å²) in [4.78, 5) is 4.30. The van der Waals surface area contributed by atoms with Crippen LogP contribution in [0, 0.1) is 6.92 Å². The fourth-order valence-electron chi connectivity index (χ4n) is 3.41. The molecule has 3 aromatic rings. The number of anilines is 1. The third kappa shape index (κ3) is 5.99. The first kappa shape index (κ1) is 22.7. The maximum atomic E-state index is 13.1. The van der Waals surface area contributed by atoms with Crippen molar-refractivity contribution in [1.29, 1.82) is 0 Å². The van der Waals surface area contributed by atoms with Gasteiger partial charge in [0.15, 0.2) is 0 Å². The van der Waals surface area contributed by atoms with Crippen molar-refractivity contribution in [3.63, 3.8) is 0 Å². The zero-order valence-corrected chi connectivity index (χ0v) is 16.6. The van der Waals surface area contributed by atoms with E-state index in [1.165, 1.54) is 0 Å². The summed E-state index contributed by atoms with van der Waals surface area (Å²) in [7, 11) is 0. The van der Waals surface area contributed by atoms with Crippen LogP contribution in [0.2, 0.25) is 0 Å². The molecule has 0 aliphatic rings. The molecule has 1 heterocycles. The zero-order chi connectivity index (χ0) is 22.6. The molecule has 0 fully saturated rings. The SMILES string of the molecule is Cc1ccccc1[C@@H](CNc1cc(C(F)(F)F)cc(C(F)(F)F)c1)Cc1ccccn1. The van der Waals surface area contributed by atoms with E-state index in [-0.39, 0.29) is 24.2 Å². The molecule has 0 aliphatic heterocycles. The van der Waals surface area contributed by atoms with Crippen LogP contribution in [0.5, 0.6) is 0 Å². The number of halogens is 6. The van der Waals surface area contributed by atoms with Crippen LogP contribution in [0.3, 0.4) is 0 Å². The van der Waals surface area contributed by atoms with Gasteiger partial charge in [-0.2, -0.15) is 26.3 Å². The van der Waals surface area contributed by atoms with Crippen molar-refractivity contribution in [2.24, 2.45) is 0 Å². The first-order valence-corrected chi connectivity index (χ1v) is 9.53. The van der Waals surface area contributed by atoms with E-state index in [0.717, 1.165) is 16.8 Å². The highest BCUT2D eigenvalue weighted by atomic mass is 19.4. The third-order valence-corrected chi connectivity index (χ3v) is 4.95. The van der Waals surface area contributed by atoms with Crippen molar-refractivity contribution in [3.8, 4) is 0 Å². The minimum Gasteiger partial charge on any atom is -0.384 e. The van der Waals surface area contributed by atoms with Crippen LogP contribution in [0.15, 0.2) is 66.9 Å². The highest BCUT2D eigenvalue weighted by molar-refractivity contribution is 5.51. The molecular weight excluding hydrogens is 418 g/mol. The second-order valence-electron chi connectivity index (χ2n) is 7.25. The molecule has 0 saturated carbocycles. The summed E-state index contributed by atoms with van der Waals surface area (Å²) in [6, 6.07) is 14.5. The molecule has 2 aromatic carbocycles. The number of aryl methyl sites for hydroxylation is 1. The second kappa shape index (κ2) is 8.99. The molecule has 3 rings (SSSR count). The number of pyridine rings is 1. The van der Waals surface area contributed by atoms with Gasteiger partial charge in [-0.15, -0.1) is 0 Å². The fourth-order valence-corrected chi connectivity index (χ4v) is 3.41. The maximum absolute atomic E-state index is 13.1. The van der Waals surface area contributed by atoms with Gasteiger partial charge in [-0.25, -0.2) is 0 Å². The molecule has 0 amide bonds. The Kier molecular flexibility index (Phi) is 6.57. The van der Waals surface area contributed by atoms with Gasteiger partial charge in [0.05, 0.1) is 11.1 Å². The highest BCUT2D eigenvalue weighted by Crippen LogP contribution is 2.37. The Morgan fingerprint density at radius 1 is 0.839 bits per heavy atom. The largest absolute Gasteiger partial charge is 0.416 e. The van der Waals surface area contributed by atoms with Gasteiger partial charge < -0.3 is 5.32 Å². The van der Waals surface area contributed by atoms with Gasteiger partial charge in [-0.05, 0) is 54.8 Å². The summed E-state index contributed by atoms with van der Waals surface area (Å²) in [5, 5.41) is 2.79. The molecular formula is C23H20F6N2. The van der Waals surface area contributed by atoms with E-state index in [4.69, 9.17) is 0 Å². The Bertz CT molecular complexity index is 980. The summed E-state index contributed by atoms with van der Waals surface area (Å²) >= 11 is 0. The van der Waals surface area contributed by atoms with Crippen molar-refractivity contribution < 1.29 is 26.3 Å². The predicted molar refractivity (Wildman–Crippen MR) is 107 cm³/mol. The number of alkyl halides is 6. The van der Waals surface area contributed by atoms with Crippen molar-refractivity contribution in [2.45, 2.75) is 31.6 Å². The molecule has 0 spiro atoms. The number of benzene rings is 2. The Morgan fingerprint density at radius 2 is 1.45 bits per heavy atom. The van der Waals surface area contributed by atoms with Crippen molar-refractivity contribution >= 4 is 5.69 Å². The van der Waals surface area contributed by atoms with E-state index in [1.54, 1.807) is 12.3 Å². The second-order valence-corrected chi connectivity index (χ2v) is 7.25. The molecule has 0 radical (unpaired) electrons. The number of hydrogen-bond acceptors (Lipinski definition) is 2. The molecule has 0 bridgehead atoms. The normalized spacial score (nSPS) is 13.1. The average molecular weight is 438 g/mol. The summed E-state index contributed by atoms with van der Waals surface area (Å²) in [6.07, 6.45) is -7.66. The van der Waals surface area contributed by atoms with Crippen LogP contribution >= 0.6 is 0 Å². The number of aromatic nitrogens is 1. The summed E-state index contributed by atoms with van der Waals surface area (Å²) in [5.41, 5.74) is -0.225. The monoisotopic (exact) mass is 438 g/mol. The molecule has 8 heteroatoms. The van der Waals surface area contributed by atoms with Crippen LogP contribution in [0.1, 0.15) is 33.9 Å². The topological polar surface area (TPSA) is 24.9 Å². The van der Waals surface area contributed by atoms with E-state index in [0.29, 0.717) is 18.6 Å². The lowest BCUT2D eigenvalue weighted by Gasteiger charge is -2.22. The van der Waals surface area contributed by atoms with Gasteiger partial charge in [0.25, 0.3) is 0 Å². The minimum atomic E-state index is -4.89. The lowest BCUT2D eigenvalue weighted by Crippen LogP contribution is -2.18. The summed E-state index contributed by atoms with van der Waals surface area (Å²) in [5.74, 6) is -0.208. The molecule has 1 aromatic heterocycles. The van der Waals surface area contributed by atoms with Crippen LogP contribution in [0.25, 0.3) is 0 Å². The van der Waals surface area contributed by atoms with E-state index in [1.807, 2.05) is 43.3 Å². The average Bonchev–Trinajstić information content (AvgIpc) is 2.71. The highest BCUT2D eigenvalue weighted by Gasteiger charge is 2.37. The minimum absolute atomic E-state index is 0.123. The Balaban J connectivity index is 1.91. The lowest BCUT2D eigenvalue weighted by molar-refractivity contribution is -0.143. The van der Waals surface area contributed by atoms with E-state index in [2.05, 4.69) is 10.3 Å². The van der Waals surface area contributed by atoms with Gasteiger partial charge in [0.2, 0.25) is 0 Å². The molecule has 1 atom stereocenters. The Morgan fingerprint density at radius 3 is 2.00 bits per heavy atom. The van der Waals surface area contributed by atoms with Gasteiger partial charge >= 0.3 is 12.4 Å². The number of nitrogens with one attached hydrogen (secondary N) is 1. The first-order valence-electron chi connectivity index (χ1n) is 9.53. The van der Waals surface area contributed by atoms with Gasteiger partial charge in [-0.1, -0.05) is 30.3 Å². The van der Waals surface area contributed by atoms with E-state index >= 15 is 0 Å². The fraction of sp³-hybridized carbons (Fsp3) is 0.261. The zero-order valence-electron chi connectivity index (χ0n) is 16.6. The maximum Gasteiger partial charge on any atom is 0.416 e. The molecule has 0 saturated heterocycles. The van der Waals surface area contributed by atoms with Gasteiger partial charge in [0, 0.05) is 30.0 Å². The van der Waals surface area contributed by atoms with Crippen LogP contribution in [0.4, 0.5) is 32.0 Å². The van der Waals surface area contributed by atoms with Crippen molar-refractivity contribution in [2.75, 3.05) is 11.9 Å². The summed E-state index contributed by atoms with van der Waals surface area (Å²) < 4.78 is 78.8. The quantitative estimate of drug-likeness (QED) is 0.425.